The summed E-state index contributed by atoms with van der Waals surface area (Å²) in [7, 11) is 0. The Labute approximate surface area is 185 Å². The van der Waals surface area contributed by atoms with Gasteiger partial charge in [0.05, 0.1) is 24.2 Å². The fourth-order valence-corrected chi connectivity index (χ4v) is 4.53. The lowest BCUT2D eigenvalue weighted by Crippen LogP contribution is -1.99. The van der Waals surface area contributed by atoms with Crippen LogP contribution in [-0.4, -0.2) is 17.8 Å². The third-order valence-electron chi connectivity index (χ3n) is 5.90. The minimum Gasteiger partial charge on any atom is -0.346 e. The molecule has 1 fully saturated rings. The minimum absolute atomic E-state index is 0.255. The van der Waals surface area contributed by atoms with Crippen molar-refractivity contribution in [2.75, 3.05) is 13.2 Å². The van der Waals surface area contributed by atoms with E-state index in [9.17, 15) is 0 Å². The Kier molecular flexibility index (Phi) is 4.53. The van der Waals surface area contributed by atoms with Crippen molar-refractivity contribution < 1.29 is 9.47 Å². The highest BCUT2D eigenvalue weighted by molar-refractivity contribution is 6.30. The summed E-state index contributed by atoms with van der Waals surface area (Å²) in [5.74, 6) is 0. The Morgan fingerprint density at radius 2 is 1.35 bits per heavy atom. The van der Waals surface area contributed by atoms with E-state index in [0.29, 0.717) is 13.2 Å². The first-order valence-corrected chi connectivity index (χ1v) is 10.8. The van der Waals surface area contributed by atoms with E-state index in [4.69, 9.17) is 21.1 Å². The number of para-hydroxylation sites is 1. The van der Waals surface area contributed by atoms with Crippen LogP contribution in [0.3, 0.4) is 0 Å². The number of aromatic nitrogens is 1. The molecular formula is C27H20ClNO2. The van der Waals surface area contributed by atoms with Crippen LogP contribution in [0.5, 0.6) is 0 Å². The number of fused-ring (bicyclic) bond motifs is 3. The van der Waals surface area contributed by atoms with E-state index in [0.717, 1.165) is 21.8 Å². The van der Waals surface area contributed by atoms with Crippen LogP contribution in [0, 0.1) is 0 Å². The van der Waals surface area contributed by atoms with E-state index in [1.807, 2.05) is 12.1 Å². The zero-order chi connectivity index (χ0) is 20.8. The molecule has 0 N–H and O–H groups in total. The monoisotopic (exact) mass is 425 g/mol. The molecule has 3 nitrogen and oxygen atoms in total. The van der Waals surface area contributed by atoms with Gasteiger partial charge in [-0.25, -0.2) is 0 Å². The van der Waals surface area contributed by atoms with Gasteiger partial charge < -0.3 is 14.0 Å². The first-order chi connectivity index (χ1) is 15.3. The molecule has 1 aliphatic heterocycles. The van der Waals surface area contributed by atoms with Crippen molar-refractivity contribution in [3.8, 4) is 16.8 Å². The third kappa shape index (κ3) is 3.22. The molecule has 1 aromatic heterocycles. The van der Waals surface area contributed by atoms with Gasteiger partial charge in [-0.2, -0.15) is 0 Å². The number of hydrogen-bond donors (Lipinski definition) is 0. The quantitative estimate of drug-likeness (QED) is 0.306. The van der Waals surface area contributed by atoms with Crippen molar-refractivity contribution in [3.63, 3.8) is 0 Å². The Balaban J connectivity index is 1.51. The molecule has 0 spiro atoms. The van der Waals surface area contributed by atoms with Crippen LogP contribution in [0.4, 0.5) is 0 Å². The van der Waals surface area contributed by atoms with Gasteiger partial charge in [0.25, 0.3) is 0 Å². The summed E-state index contributed by atoms with van der Waals surface area (Å²) < 4.78 is 13.6. The average molecular weight is 426 g/mol. The molecule has 0 radical (unpaired) electrons. The van der Waals surface area contributed by atoms with E-state index in [1.165, 1.54) is 27.4 Å². The van der Waals surface area contributed by atoms with Crippen LogP contribution in [0.15, 0.2) is 91.0 Å². The molecule has 2 heterocycles. The van der Waals surface area contributed by atoms with Gasteiger partial charge in [0.1, 0.15) is 0 Å². The first kappa shape index (κ1) is 18.6. The summed E-state index contributed by atoms with van der Waals surface area (Å²) in [6.45, 7) is 1.30. The summed E-state index contributed by atoms with van der Waals surface area (Å²) in [6.07, 6.45) is -0.255. The fourth-order valence-electron chi connectivity index (χ4n) is 4.40. The minimum atomic E-state index is -0.255. The maximum Gasteiger partial charge on any atom is 0.184 e. The van der Waals surface area contributed by atoms with Crippen LogP contribution in [-0.2, 0) is 9.47 Å². The van der Waals surface area contributed by atoms with Crippen molar-refractivity contribution in [3.05, 3.63) is 102 Å². The normalized spacial score (nSPS) is 14.6. The van der Waals surface area contributed by atoms with Crippen molar-refractivity contribution in [2.24, 2.45) is 0 Å². The predicted octanol–water partition coefficient (Wildman–Crippen LogP) is 7.15. The second kappa shape index (κ2) is 7.54. The third-order valence-corrected chi connectivity index (χ3v) is 6.15. The van der Waals surface area contributed by atoms with E-state index >= 15 is 0 Å². The van der Waals surface area contributed by atoms with Crippen molar-refractivity contribution >= 4 is 33.4 Å². The molecule has 4 aromatic carbocycles. The van der Waals surface area contributed by atoms with Crippen molar-refractivity contribution in [2.45, 2.75) is 6.29 Å². The largest absolute Gasteiger partial charge is 0.346 e. The summed E-state index contributed by atoms with van der Waals surface area (Å²) in [5, 5.41) is 3.22. The molecule has 152 valence electrons. The Hall–Kier alpha value is -3.11. The van der Waals surface area contributed by atoms with Crippen molar-refractivity contribution in [1.29, 1.82) is 0 Å². The van der Waals surface area contributed by atoms with E-state index in [-0.39, 0.29) is 6.29 Å². The molecule has 4 heteroatoms. The van der Waals surface area contributed by atoms with Crippen LogP contribution in [0.25, 0.3) is 38.6 Å². The average Bonchev–Trinajstić information content (AvgIpc) is 3.46. The van der Waals surface area contributed by atoms with Crippen molar-refractivity contribution in [1.82, 2.24) is 4.57 Å². The highest BCUT2D eigenvalue weighted by atomic mass is 35.5. The number of benzene rings is 4. The number of halogens is 1. The van der Waals surface area contributed by atoms with Crippen LogP contribution < -0.4 is 0 Å². The maximum atomic E-state index is 6.08. The predicted molar refractivity (Wildman–Crippen MR) is 126 cm³/mol. The molecule has 31 heavy (non-hydrogen) atoms. The highest BCUT2D eigenvalue weighted by Gasteiger charge is 2.19. The highest BCUT2D eigenvalue weighted by Crippen LogP contribution is 2.35. The molecule has 0 unspecified atom stereocenters. The molecule has 5 aromatic rings. The Bertz CT molecular complexity index is 1380. The summed E-state index contributed by atoms with van der Waals surface area (Å²) in [5.41, 5.74) is 6.87. The molecular weight excluding hydrogens is 406 g/mol. The van der Waals surface area contributed by atoms with Gasteiger partial charge in [-0.3, -0.25) is 0 Å². The van der Waals surface area contributed by atoms with Gasteiger partial charge in [-0.1, -0.05) is 60.1 Å². The lowest BCUT2D eigenvalue weighted by Gasteiger charge is -2.12. The molecule has 0 bridgehead atoms. The molecule has 0 aliphatic carbocycles. The molecule has 1 saturated heterocycles. The lowest BCUT2D eigenvalue weighted by molar-refractivity contribution is -0.0441. The van der Waals surface area contributed by atoms with Gasteiger partial charge in [0.2, 0.25) is 0 Å². The molecule has 0 atom stereocenters. The smallest absolute Gasteiger partial charge is 0.184 e. The molecule has 1 aliphatic rings. The Morgan fingerprint density at radius 1 is 0.677 bits per heavy atom. The summed E-state index contributed by atoms with van der Waals surface area (Å²) in [4.78, 5) is 0. The van der Waals surface area contributed by atoms with Gasteiger partial charge >= 0.3 is 0 Å². The number of ether oxygens (including phenoxy) is 2. The van der Waals surface area contributed by atoms with Gasteiger partial charge in [0, 0.05) is 27.0 Å². The van der Waals surface area contributed by atoms with E-state index in [2.05, 4.69) is 83.4 Å². The summed E-state index contributed by atoms with van der Waals surface area (Å²) >= 11 is 6.08. The standard InChI is InChI=1S/C27H20ClNO2/c28-21-10-5-18(6-11-21)20-9-14-26-24(17-20)23-3-1-2-4-25(23)29(26)22-12-7-19(8-13-22)27-30-15-16-31-27/h1-14,17,27H,15-16H2. The zero-order valence-electron chi connectivity index (χ0n) is 16.8. The summed E-state index contributed by atoms with van der Waals surface area (Å²) in [6, 6.07) is 31.7. The zero-order valence-corrected chi connectivity index (χ0v) is 17.5. The van der Waals surface area contributed by atoms with Crippen LogP contribution in [0.2, 0.25) is 5.02 Å². The van der Waals surface area contributed by atoms with Gasteiger partial charge in [-0.15, -0.1) is 0 Å². The van der Waals surface area contributed by atoms with E-state index in [1.54, 1.807) is 0 Å². The molecule has 6 rings (SSSR count). The second-order valence-electron chi connectivity index (χ2n) is 7.76. The molecule has 0 saturated carbocycles. The fraction of sp³-hybridized carbons (Fsp3) is 0.111. The number of hydrogen-bond acceptors (Lipinski definition) is 2. The second-order valence-corrected chi connectivity index (χ2v) is 8.19. The SMILES string of the molecule is Clc1ccc(-c2ccc3c(c2)c2ccccc2n3-c2ccc(C3OCCO3)cc2)cc1. The van der Waals surface area contributed by atoms with Crippen LogP contribution in [0.1, 0.15) is 11.9 Å². The van der Waals surface area contributed by atoms with Crippen LogP contribution >= 0.6 is 11.6 Å². The first-order valence-electron chi connectivity index (χ1n) is 10.4. The maximum absolute atomic E-state index is 6.08. The Morgan fingerprint density at radius 3 is 2.13 bits per heavy atom. The lowest BCUT2D eigenvalue weighted by atomic mass is 10.0. The number of nitrogens with zero attached hydrogens (tertiary/aromatic N) is 1. The topological polar surface area (TPSA) is 23.4 Å². The number of rotatable bonds is 3. The van der Waals surface area contributed by atoms with Gasteiger partial charge in [0.15, 0.2) is 6.29 Å². The van der Waals surface area contributed by atoms with E-state index < -0.39 is 0 Å². The molecule has 0 amide bonds. The van der Waals surface area contributed by atoms with Gasteiger partial charge in [-0.05, 0) is 53.6 Å².